The second kappa shape index (κ2) is 11.3. The lowest BCUT2D eigenvalue weighted by Gasteiger charge is -2.55. The molecule has 1 heterocycles. The molecule has 2 aliphatic carbocycles. The molecule has 2 bridgehead atoms. The zero-order valence-electron chi connectivity index (χ0n) is 20.1. The summed E-state index contributed by atoms with van der Waals surface area (Å²) in [6.07, 6.45) is 7.45. The van der Waals surface area contributed by atoms with Crippen LogP contribution in [-0.4, -0.2) is 84.5 Å². The van der Waals surface area contributed by atoms with Crippen LogP contribution in [0.2, 0.25) is 0 Å². The van der Waals surface area contributed by atoms with Crippen LogP contribution < -0.4 is 4.74 Å². The van der Waals surface area contributed by atoms with E-state index in [-0.39, 0.29) is 11.5 Å². The highest BCUT2D eigenvalue weighted by atomic mass is 16.6. The summed E-state index contributed by atoms with van der Waals surface area (Å²) in [7, 11) is 5.78. The van der Waals surface area contributed by atoms with Gasteiger partial charge in [-0.2, -0.15) is 0 Å². The van der Waals surface area contributed by atoms with Crippen molar-refractivity contribution in [3.63, 3.8) is 0 Å². The molecular weight excluding hydrogens is 406 g/mol. The maximum absolute atomic E-state index is 6.65. The van der Waals surface area contributed by atoms with Gasteiger partial charge in [0.05, 0.1) is 52.9 Å². The summed E-state index contributed by atoms with van der Waals surface area (Å²) in [6, 6.07) is 7.35. The van der Waals surface area contributed by atoms with E-state index in [1.807, 2.05) is 0 Å². The maximum Gasteiger partial charge on any atom is 0.119 e. The highest BCUT2D eigenvalue weighted by Crippen LogP contribution is 2.56. The molecule has 0 radical (unpaired) electrons. The number of ether oxygens (including phenoxy) is 5. The molecule has 0 N–H and O–H groups in total. The number of fused-ring (bicyclic) bond motifs is 1. The van der Waals surface area contributed by atoms with E-state index in [2.05, 4.69) is 30.1 Å². The fourth-order valence-electron chi connectivity index (χ4n) is 6.52. The third-order valence-corrected chi connectivity index (χ3v) is 7.95. The van der Waals surface area contributed by atoms with Crippen molar-refractivity contribution in [1.29, 1.82) is 0 Å². The lowest BCUT2D eigenvalue weighted by atomic mass is 9.53. The summed E-state index contributed by atoms with van der Waals surface area (Å²) in [5, 5.41) is 0. The first-order valence-corrected chi connectivity index (χ1v) is 12.3. The Morgan fingerprint density at radius 2 is 1.75 bits per heavy atom. The number of methoxy groups -OCH3 is 2. The summed E-state index contributed by atoms with van der Waals surface area (Å²) < 4.78 is 28.5. The van der Waals surface area contributed by atoms with Gasteiger partial charge in [-0.25, -0.2) is 0 Å². The molecule has 1 aliphatic heterocycles. The van der Waals surface area contributed by atoms with Crippen LogP contribution in [0, 0.1) is 5.92 Å². The molecule has 4 atom stereocenters. The normalized spacial score (nSPS) is 29.8. The lowest BCUT2D eigenvalue weighted by Crippen LogP contribution is -2.58. The molecule has 0 spiro atoms. The molecule has 4 rings (SSSR count). The SMILES string of the molecule is COCCOCCOCCO[C@H]1CCC[C@H]2[C@H]3Cc4ccc(OC)cc4[C@@]12CCCN3C. The van der Waals surface area contributed by atoms with Crippen molar-refractivity contribution in [2.75, 3.05) is 67.5 Å². The van der Waals surface area contributed by atoms with E-state index in [4.69, 9.17) is 23.7 Å². The van der Waals surface area contributed by atoms with Gasteiger partial charge < -0.3 is 28.6 Å². The van der Waals surface area contributed by atoms with E-state index < -0.39 is 0 Å². The molecule has 32 heavy (non-hydrogen) atoms. The Hall–Kier alpha value is -1.18. The van der Waals surface area contributed by atoms with E-state index in [1.165, 1.54) is 43.4 Å². The molecule has 6 nitrogen and oxygen atoms in total. The number of likely N-dealkylation sites (N-methyl/N-ethyl adjacent to an activating group) is 1. The first-order chi connectivity index (χ1) is 15.7. The first kappa shape index (κ1) is 24.0. The second-order valence-corrected chi connectivity index (χ2v) is 9.53. The second-order valence-electron chi connectivity index (χ2n) is 9.53. The molecule has 1 aromatic rings. The minimum absolute atomic E-state index is 0.0824. The number of likely N-dealkylation sites (tertiary alicyclic amines) is 1. The average molecular weight is 448 g/mol. The fraction of sp³-hybridized carbons (Fsp3) is 0.769. The highest BCUT2D eigenvalue weighted by Gasteiger charge is 2.56. The molecule has 1 saturated carbocycles. The van der Waals surface area contributed by atoms with Crippen LogP contribution in [0.15, 0.2) is 18.2 Å². The smallest absolute Gasteiger partial charge is 0.119 e. The summed E-state index contributed by atoms with van der Waals surface area (Å²) in [5.74, 6) is 1.61. The van der Waals surface area contributed by atoms with Crippen LogP contribution in [-0.2, 0) is 30.8 Å². The van der Waals surface area contributed by atoms with E-state index >= 15 is 0 Å². The van der Waals surface area contributed by atoms with Gasteiger partial charge in [-0.3, -0.25) is 0 Å². The average Bonchev–Trinajstić information content (AvgIpc) is 2.92. The van der Waals surface area contributed by atoms with Crippen molar-refractivity contribution >= 4 is 0 Å². The zero-order chi connectivity index (χ0) is 22.4. The van der Waals surface area contributed by atoms with E-state index in [0.29, 0.717) is 51.6 Å². The Bertz CT molecular complexity index is 728. The third kappa shape index (κ3) is 4.85. The number of benzene rings is 1. The lowest BCUT2D eigenvalue weighted by molar-refractivity contribution is -0.0888. The largest absolute Gasteiger partial charge is 0.497 e. The van der Waals surface area contributed by atoms with Crippen molar-refractivity contribution < 1.29 is 23.7 Å². The van der Waals surface area contributed by atoms with Gasteiger partial charge in [0.15, 0.2) is 0 Å². The van der Waals surface area contributed by atoms with Gasteiger partial charge in [0.25, 0.3) is 0 Å². The van der Waals surface area contributed by atoms with Crippen molar-refractivity contribution in [1.82, 2.24) is 4.90 Å². The maximum atomic E-state index is 6.65. The molecule has 0 aromatic heterocycles. The minimum atomic E-state index is 0.0824. The van der Waals surface area contributed by atoms with Crippen LogP contribution in [0.4, 0.5) is 0 Å². The molecule has 6 heteroatoms. The van der Waals surface area contributed by atoms with Crippen LogP contribution in [0.25, 0.3) is 0 Å². The Labute approximate surface area is 193 Å². The molecule has 180 valence electrons. The Morgan fingerprint density at radius 3 is 2.53 bits per heavy atom. The van der Waals surface area contributed by atoms with Crippen LogP contribution >= 0.6 is 0 Å². The molecular formula is C26H41NO5. The Morgan fingerprint density at radius 1 is 0.969 bits per heavy atom. The topological polar surface area (TPSA) is 49.4 Å². The number of hydrogen-bond acceptors (Lipinski definition) is 6. The predicted octanol–water partition coefficient (Wildman–Crippen LogP) is 3.45. The zero-order valence-corrected chi connectivity index (χ0v) is 20.1. The standard InChI is InChI=1S/C26H41NO5/c1-27-11-5-10-26-22(24(27)18-20-8-9-21(29-3)19-23(20)26)6-4-7-25(26)32-17-16-31-15-14-30-13-12-28-2/h8-9,19,22,24-25H,4-7,10-18H2,1-3H3/t22-,24+,25-,26-/m0/s1. The minimum Gasteiger partial charge on any atom is -0.497 e. The van der Waals surface area contributed by atoms with E-state index in [0.717, 1.165) is 18.6 Å². The summed E-state index contributed by atoms with van der Waals surface area (Å²) >= 11 is 0. The van der Waals surface area contributed by atoms with Gasteiger partial charge in [-0.05, 0) is 74.9 Å². The van der Waals surface area contributed by atoms with Gasteiger partial charge in [-0.15, -0.1) is 0 Å². The predicted molar refractivity (Wildman–Crippen MR) is 125 cm³/mol. The van der Waals surface area contributed by atoms with Gasteiger partial charge in [0, 0.05) is 18.6 Å². The molecule has 3 aliphatic rings. The molecule has 1 saturated heterocycles. The van der Waals surface area contributed by atoms with Crippen LogP contribution in [0.1, 0.15) is 43.2 Å². The fourth-order valence-corrected chi connectivity index (χ4v) is 6.52. The third-order valence-electron chi connectivity index (χ3n) is 7.95. The van der Waals surface area contributed by atoms with Crippen molar-refractivity contribution in [2.45, 2.75) is 56.1 Å². The van der Waals surface area contributed by atoms with Gasteiger partial charge in [-0.1, -0.05) is 12.5 Å². The summed E-state index contributed by atoms with van der Waals surface area (Å²) in [4.78, 5) is 2.62. The molecule has 0 unspecified atom stereocenters. The highest BCUT2D eigenvalue weighted by molar-refractivity contribution is 5.46. The van der Waals surface area contributed by atoms with Crippen LogP contribution in [0.3, 0.4) is 0 Å². The van der Waals surface area contributed by atoms with Gasteiger partial charge in [0.1, 0.15) is 5.75 Å². The van der Waals surface area contributed by atoms with E-state index in [1.54, 1.807) is 14.2 Å². The first-order valence-electron chi connectivity index (χ1n) is 12.3. The summed E-state index contributed by atoms with van der Waals surface area (Å²) in [6.45, 7) is 4.85. The van der Waals surface area contributed by atoms with Crippen molar-refractivity contribution in [3.8, 4) is 5.75 Å². The number of hydrogen-bond donors (Lipinski definition) is 0. The number of rotatable bonds is 11. The van der Waals surface area contributed by atoms with Crippen molar-refractivity contribution in [3.05, 3.63) is 29.3 Å². The molecule has 1 aromatic carbocycles. The summed E-state index contributed by atoms with van der Waals surface area (Å²) in [5.41, 5.74) is 3.06. The van der Waals surface area contributed by atoms with E-state index in [9.17, 15) is 0 Å². The molecule has 2 fully saturated rings. The Balaban J connectivity index is 1.46. The monoisotopic (exact) mass is 447 g/mol. The quantitative estimate of drug-likeness (QED) is 0.485. The molecule has 0 amide bonds. The van der Waals surface area contributed by atoms with Gasteiger partial charge >= 0.3 is 0 Å². The van der Waals surface area contributed by atoms with Gasteiger partial charge in [0.2, 0.25) is 0 Å². The van der Waals surface area contributed by atoms with Crippen molar-refractivity contribution in [2.24, 2.45) is 5.92 Å². The number of nitrogens with zero attached hydrogens (tertiary/aromatic N) is 1. The van der Waals surface area contributed by atoms with Crippen LogP contribution in [0.5, 0.6) is 5.75 Å². The Kier molecular flexibility index (Phi) is 8.46.